The number of esters is 2. The number of dihydropyridines is 1. The van der Waals surface area contributed by atoms with Gasteiger partial charge in [-0.15, -0.1) is 0 Å². The molecule has 10 heteroatoms. The minimum atomic E-state index is -0.829. The third-order valence-electron chi connectivity index (χ3n) is 4.72. The third kappa shape index (κ3) is 6.09. The van der Waals surface area contributed by atoms with Crippen molar-refractivity contribution in [3.05, 3.63) is 57.4 Å². The Morgan fingerprint density at radius 2 is 1.91 bits per heavy atom. The van der Waals surface area contributed by atoms with Crippen molar-refractivity contribution < 1.29 is 33.7 Å². The summed E-state index contributed by atoms with van der Waals surface area (Å²) in [6, 6.07) is 6.92. The fraction of sp³-hybridized carbons (Fsp3) is 0.409. The van der Waals surface area contributed by atoms with Gasteiger partial charge in [0.25, 0.3) is 0 Å². The lowest BCUT2D eigenvalue weighted by Gasteiger charge is -2.31. The largest absolute Gasteiger partial charge is 0.466 e. The summed E-state index contributed by atoms with van der Waals surface area (Å²) in [6.07, 6.45) is 0. The first-order valence-corrected chi connectivity index (χ1v) is 10.4. The zero-order valence-electron chi connectivity index (χ0n) is 18.2. The summed E-state index contributed by atoms with van der Waals surface area (Å²) < 4.78 is 15.9. The Labute approximate surface area is 191 Å². The van der Waals surface area contributed by atoms with Crippen LogP contribution in [0.25, 0.3) is 0 Å². The van der Waals surface area contributed by atoms with Gasteiger partial charge in [-0.05, 0) is 25.5 Å². The van der Waals surface area contributed by atoms with Crippen molar-refractivity contribution in [3.8, 4) is 0 Å². The first kappa shape index (κ1) is 25.4. The number of hydrogen-bond acceptors (Lipinski definition) is 8. The van der Waals surface area contributed by atoms with E-state index in [-0.39, 0.29) is 37.5 Å². The van der Waals surface area contributed by atoms with Crippen LogP contribution in [0.4, 0.5) is 0 Å². The number of ether oxygens (including phenoxy) is 3. The quantitative estimate of drug-likeness (QED) is 0.349. The van der Waals surface area contributed by atoms with Gasteiger partial charge in [-0.1, -0.05) is 29.8 Å². The monoisotopic (exact) mass is 466 g/mol. The van der Waals surface area contributed by atoms with E-state index >= 15 is 0 Å². The lowest BCUT2D eigenvalue weighted by Crippen LogP contribution is -2.35. The molecule has 174 valence electrons. The van der Waals surface area contributed by atoms with E-state index < -0.39 is 30.4 Å². The predicted octanol–water partition coefficient (Wildman–Crippen LogP) is 1.42. The second-order valence-corrected chi connectivity index (χ2v) is 7.19. The molecule has 0 aromatic heterocycles. The maximum Gasteiger partial charge on any atom is 0.336 e. The summed E-state index contributed by atoms with van der Waals surface area (Å²) in [7, 11) is 1.26. The van der Waals surface area contributed by atoms with E-state index in [9.17, 15) is 14.4 Å². The Morgan fingerprint density at radius 3 is 2.53 bits per heavy atom. The summed E-state index contributed by atoms with van der Waals surface area (Å²) in [4.78, 5) is 36.8. The Morgan fingerprint density at radius 1 is 1.19 bits per heavy atom. The maximum absolute atomic E-state index is 13.0. The molecular weight excluding hydrogens is 440 g/mol. The first-order chi connectivity index (χ1) is 15.3. The number of amides is 1. The average Bonchev–Trinajstić information content (AvgIpc) is 2.78. The normalized spacial score (nSPS) is 15.8. The topological polar surface area (TPSA) is 123 Å². The fourth-order valence-electron chi connectivity index (χ4n) is 3.35. The van der Waals surface area contributed by atoms with Crippen LogP contribution in [0.5, 0.6) is 0 Å². The Kier molecular flexibility index (Phi) is 9.70. The smallest absolute Gasteiger partial charge is 0.336 e. The molecule has 9 nitrogen and oxygen atoms in total. The SMILES string of the molecule is CCOC(=O)C1=C(COCCNC(=O)CO)NC(C)=C(C(=O)OC)C1c1ccccc1Cl. The molecule has 0 saturated carbocycles. The Bertz CT molecular complexity index is 927. The molecule has 0 bridgehead atoms. The molecule has 2 rings (SSSR count). The van der Waals surface area contributed by atoms with Crippen LogP contribution < -0.4 is 10.6 Å². The molecule has 1 amide bonds. The van der Waals surface area contributed by atoms with Gasteiger partial charge in [-0.3, -0.25) is 4.79 Å². The second kappa shape index (κ2) is 12.2. The van der Waals surface area contributed by atoms with E-state index in [1.807, 2.05) is 0 Å². The van der Waals surface area contributed by atoms with Crippen LogP contribution in [0.2, 0.25) is 5.02 Å². The van der Waals surface area contributed by atoms with Gasteiger partial charge < -0.3 is 30.0 Å². The summed E-state index contributed by atoms with van der Waals surface area (Å²) in [5.41, 5.74) is 1.87. The van der Waals surface area contributed by atoms with Crippen LogP contribution in [-0.4, -0.2) is 63.0 Å². The van der Waals surface area contributed by atoms with Gasteiger partial charge in [0, 0.05) is 17.3 Å². The van der Waals surface area contributed by atoms with Crippen LogP contribution in [0.3, 0.4) is 0 Å². The maximum atomic E-state index is 13.0. The van der Waals surface area contributed by atoms with Crippen molar-refractivity contribution in [1.82, 2.24) is 10.6 Å². The van der Waals surface area contributed by atoms with Crippen LogP contribution in [0.1, 0.15) is 25.3 Å². The summed E-state index contributed by atoms with van der Waals surface area (Å²) in [6.45, 7) is 3.19. The number of carbonyl (C=O) groups is 3. The number of rotatable bonds is 10. The number of aliphatic hydroxyl groups is 1. The van der Waals surface area contributed by atoms with Crippen molar-refractivity contribution in [3.63, 3.8) is 0 Å². The van der Waals surface area contributed by atoms with Crippen LogP contribution in [0.15, 0.2) is 46.8 Å². The van der Waals surface area contributed by atoms with Crippen LogP contribution >= 0.6 is 11.6 Å². The molecule has 1 heterocycles. The molecule has 0 fully saturated rings. The molecule has 1 aromatic carbocycles. The van der Waals surface area contributed by atoms with Crippen molar-refractivity contribution in [2.45, 2.75) is 19.8 Å². The molecular formula is C22H27ClN2O7. The average molecular weight is 467 g/mol. The van der Waals surface area contributed by atoms with Gasteiger partial charge in [0.1, 0.15) is 6.61 Å². The zero-order chi connectivity index (χ0) is 23.7. The number of methoxy groups -OCH3 is 1. The molecule has 1 aliphatic rings. The molecule has 0 saturated heterocycles. The van der Waals surface area contributed by atoms with Crippen LogP contribution in [0, 0.1) is 0 Å². The predicted molar refractivity (Wildman–Crippen MR) is 117 cm³/mol. The van der Waals surface area contributed by atoms with E-state index in [1.54, 1.807) is 38.1 Å². The van der Waals surface area contributed by atoms with Crippen molar-refractivity contribution in [2.75, 3.05) is 40.1 Å². The molecule has 1 unspecified atom stereocenters. The van der Waals surface area contributed by atoms with Gasteiger partial charge >= 0.3 is 11.9 Å². The highest BCUT2D eigenvalue weighted by Crippen LogP contribution is 2.41. The van der Waals surface area contributed by atoms with Gasteiger partial charge in [0.05, 0.1) is 49.7 Å². The van der Waals surface area contributed by atoms with Gasteiger partial charge in [-0.2, -0.15) is 0 Å². The number of hydrogen-bond donors (Lipinski definition) is 3. The van der Waals surface area contributed by atoms with Gasteiger partial charge in [0.15, 0.2) is 0 Å². The second-order valence-electron chi connectivity index (χ2n) is 6.78. The van der Waals surface area contributed by atoms with Crippen molar-refractivity contribution in [1.29, 1.82) is 0 Å². The molecule has 32 heavy (non-hydrogen) atoms. The summed E-state index contributed by atoms with van der Waals surface area (Å²) in [5, 5.41) is 14.7. The number of carbonyl (C=O) groups excluding carboxylic acids is 3. The van der Waals surface area contributed by atoms with E-state index in [0.717, 1.165) is 0 Å². The molecule has 1 aliphatic heterocycles. The highest BCUT2D eigenvalue weighted by Gasteiger charge is 2.39. The minimum Gasteiger partial charge on any atom is -0.466 e. The fourth-order valence-corrected chi connectivity index (χ4v) is 3.60. The zero-order valence-corrected chi connectivity index (χ0v) is 19.0. The molecule has 0 radical (unpaired) electrons. The minimum absolute atomic E-state index is 0.0180. The Hall–Kier alpha value is -2.88. The van der Waals surface area contributed by atoms with E-state index in [1.165, 1.54) is 7.11 Å². The van der Waals surface area contributed by atoms with Crippen LogP contribution in [-0.2, 0) is 28.6 Å². The molecule has 1 aromatic rings. The summed E-state index contributed by atoms with van der Waals surface area (Å²) >= 11 is 6.44. The van der Waals surface area contributed by atoms with Crippen molar-refractivity contribution in [2.24, 2.45) is 0 Å². The number of allylic oxidation sites excluding steroid dienone is 1. The number of benzene rings is 1. The number of aliphatic hydroxyl groups excluding tert-OH is 1. The molecule has 0 spiro atoms. The van der Waals surface area contributed by atoms with Gasteiger partial charge in [-0.25, -0.2) is 9.59 Å². The lowest BCUT2D eigenvalue weighted by atomic mass is 9.80. The van der Waals surface area contributed by atoms with Crippen molar-refractivity contribution >= 4 is 29.4 Å². The lowest BCUT2D eigenvalue weighted by molar-refractivity contribution is -0.139. The van der Waals surface area contributed by atoms with E-state index in [0.29, 0.717) is 22.0 Å². The highest BCUT2D eigenvalue weighted by atomic mass is 35.5. The van der Waals surface area contributed by atoms with E-state index in [4.69, 9.17) is 30.9 Å². The molecule has 1 atom stereocenters. The third-order valence-corrected chi connectivity index (χ3v) is 5.06. The van der Waals surface area contributed by atoms with E-state index in [2.05, 4.69) is 10.6 Å². The standard InChI is InChI=1S/C22H27ClN2O7/c1-4-32-22(29)20-16(12-31-10-9-24-17(27)11-26)25-13(2)18(21(28)30-3)19(20)14-7-5-6-8-15(14)23/h5-8,19,25-26H,4,9-12H2,1-3H3,(H,24,27). The summed E-state index contributed by atoms with van der Waals surface area (Å²) in [5.74, 6) is -2.57. The first-order valence-electron chi connectivity index (χ1n) is 10.0. The number of nitrogens with one attached hydrogen (secondary N) is 2. The molecule has 3 N–H and O–H groups in total. The number of halogens is 1. The molecule has 0 aliphatic carbocycles. The Balaban J connectivity index is 2.46. The van der Waals surface area contributed by atoms with Gasteiger partial charge in [0.2, 0.25) is 5.91 Å². The highest BCUT2D eigenvalue weighted by molar-refractivity contribution is 6.31.